The van der Waals surface area contributed by atoms with E-state index in [-0.39, 0.29) is 23.8 Å². The first-order valence-electron chi connectivity index (χ1n) is 11.7. The molecule has 186 valence electrons. The van der Waals surface area contributed by atoms with E-state index in [2.05, 4.69) is 5.32 Å². The van der Waals surface area contributed by atoms with Gasteiger partial charge >= 0.3 is 6.03 Å². The van der Waals surface area contributed by atoms with Gasteiger partial charge in [0.1, 0.15) is 22.1 Å². The molecule has 1 aliphatic rings. The summed E-state index contributed by atoms with van der Waals surface area (Å²) in [6, 6.07) is 17.1. The molecule has 1 atom stereocenters. The smallest absolute Gasteiger partial charge is 0.322 e. The number of thiophene rings is 1. The standard InChI is InChI=1S/C27H27FN4O3S/c1-18-16-30(12-13-31(18)27(34)29-22-7-9-23(35-2)10-8-22)25(33)24-15-20-11-14-36-26(20)32(24)17-19-3-5-21(28)6-4-19/h3-11,14-15,18H,12-13,16-17H2,1-2H3,(H,29,34). The summed E-state index contributed by atoms with van der Waals surface area (Å²) >= 11 is 1.58. The Kier molecular flexibility index (Phi) is 6.65. The first-order valence-corrected chi connectivity index (χ1v) is 12.6. The maximum Gasteiger partial charge on any atom is 0.322 e. The molecule has 5 rings (SSSR count). The number of nitrogens with zero attached hydrogens (tertiary/aromatic N) is 3. The van der Waals surface area contributed by atoms with E-state index in [9.17, 15) is 14.0 Å². The molecule has 9 heteroatoms. The van der Waals surface area contributed by atoms with Crippen molar-refractivity contribution in [2.24, 2.45) is 0 Å². The predicted octanol–water partition coefficient (Wildman–Crippen LogP) is 5.28. The van der Waals surface area contributed by atoms with E-state index in [0.29, 0.717) is 37.6 Å². The molecule has 0 saturated carbocycles. The second-order valence-corrected chi connectivity index (χ2v) is 9.77. The van der Waals surface area contributed by atoms with Crippen LogP contribution in [0.2, 0.25) is 0 Å². The van der Waals surface area contributed by atoms with Gasteiger partial charge in [-0.05, 0) is 66.4 Å². The van der Waals surface area contributed by atoms with Crippen LogP contribution in [0.15, 0.2) is 66.0 Å². The largest absolute Gasteiger partial charge is 0.497 e. The molecule has 2 aromatic carbocycles. The summed E-state index contributed by atoms with van der Waals surface area (Å²) in [5.41, 5.74) is 2.21. The Morgan fingerprint density at radius 3 is 2.53 bits per heavy atom. The van der Waals surface area contributed by atoms with Gasteiger partial charge in [0.05, 0.1) is 7.11 Å². The molecule has 36 heavy (non-hydrogen) atoms. The van der Waals surface area contributed by atoms with E-state index >= 15 is 0 Å². The van der Waals surface area contributed by atoms with Gasteiger partial charge in [0, 0.05) is 43.3 Å². The van der Waals surface area contributed by atoms with Crippen molar-refractivity contribution in [3.63, 3.8) is 0 Å². The maximum atomic E-state index is 13.6. The number of ether oxygens (including phenoxy) is 1. The van der Waals surface area contributed by atoms with E-state index in [4.69, 9.17) is 4.74 Å². The number of hydrogen-bond donors (Lipinski definition) is 1. The highest BCUT2D eigenvalue weighted by molar-refractivity contribution is 7.16. The van der Waals surface area contributed by atoms with Crippen molar-refractivity contribution in [2.75, 3.05) is 32.1 Å². The Hall–Kier alpha value is -3.85. The highest BCUT2D eigenvalue weighted by Crippen LogP contribution is 2.28. The number of rotatable bonds is 5. The average molecular weight is 507 g/mol. The SMILES string of the molecule is COc1ccc(NC(=O)N2CCN(C(=O)c3cc4ccsc4n3Cc3ccc(F)cc3)CC2C)cc1. The van der Waals surface area contributed by atoms with Crippen molar-refractivity contribution in [3.8, 4) is 5.75 Å². The van der Waals surface area contributed by atoms with Crippen molar-refractivity contribution in [2.45, 2.75) is 19.5 Å². The molecule has 1 unspecified atom stereocenters. The number of anilines is 1. The number of piperazine rings is 1. The van der Waals surface area contributed by atoms with E-state index < -0.39 is 0 Å². The average Bonchev–Trinajstić information content (AvgIpc) is 3.48. The van der Waals surface area contributed by atoms with Crippen molar-refractivity contribution >= 4 is 39.2 Å². The van der Waals surface area contributed by atoms with Crippen LogP contribution in [-0.2, 0) is 6.54 Å². The molecule has 1 saturated heterocycles. The number of fused-ring (bicyclic) bond motifs is 1. The zero-order valence-electron chi connectivity index (χ0n) is 20.1. The van der Waals surface area contributed by atoms with Crippen molar-refractivity contribution < 1.29 is 18.7 Å². The van der Waals surface area contributed by atoms with Crippen molar-refractivity contribution in [1.29, 1.82) is 0 Å². The van der Waals surface area contributed by atoms with Crippen LogP contribution in [0.25, 0.3) is 10.2 Å². The third-order valence-electron chi connectivity index (χ3n) is 6.49. The fourth-order valence-corrected chi connectivity index (χ4v) is 5.45. The summed E-state index contributed by atoms with van der Waals surface area (Å²) < 4.78 is 20.6. The van der Waals surface area contributed by atoms with E-state index in [1.165, 1.54) is 12.1 Å². The van der Waals surface area contributed by atoms with Crippen LogP contribution in [0.4, 0.5) is 14.9 Å². The number of nitrogens with one attached hydrogen (secondary N) is 1. The fourth-order valence-electron chi connectivity index (χ4n) is 4.56. The molecule has 0 spiro atoms. The number of benzene rings is 2. The van der Waals surface area contributed by atoms with Crippen LogP contribution in [0.1, 0.15) is 23.0 Å². The van der Waals surface area contributed by atoms with Crippen LogP contribution in [0.5, 0.6) is 5.75 Å². The number of hydrogen-bond acceptors (Lipinski definition) is 4. The van der Waals surface area contributed by atoms with Crippen molar-refractivity contribution in [3.05, 3.63) is 83.1 Å². The first-order chi connectivity index (χ1) is 17.4. The fraction of sp³-hybridized carbons (Fsp3) is 0.259. The van der Waals surface area contributed by atoms with Gasteiger partial charge in [-0.1, -0.05) is 12.1 Å². The summed E-state index contributed by atoms with van der Waals surface area (Å²) in [4.78, 5) is 31.1. The van der Waals surface area contributed by atoms with Crippen LogP contribution in [-0.4, -0.2) is 59.1 Å². The Labute approximate surface area is 212 Å². The molecule has 1 N–H and O–H groups in total. The summed E-state index contributed by atoms with van der Waals surface area (Å²) in [5.74, 6) is 0.367. The monoisotopic (exact) mass is 506 g/mol. The minimum atomic E-state index is -0.285. The topological polar surface area (TPSA) is 66.8 Å². The zero-order valence-corrected chi connectivity index (χ0v) is 20.9. The van der Waals surface area contributed by atoms with Crippen LogP contribution < -0.4 is 10.1 Å². The van der Waals surface area contributed by atoms with Gasteiger partial charge in [-0.2, -0.15) is 0 Å². The molecular formula is C27H27FN4O3S. The minimum Gasteiger partial charge on any atom is -0.497 e. The molecule has 3 heterocycles. The number of amides is 3. The quantitative estimate of drug-likeness (QED) is 0.401. The number of carbonyl (C=O) groups is 2. The molecule has 0 radical (unpaired) electrons. The lowest BCUT2D eigenvalue weighted by Gasteiger charge is -2.39. The Morgan fingerprint density at radius 2 is 1.83 bits per heavy atom. The second kappa shape index (κ2) is 10.0. The van der Waals surface area contributed by atoms with Gasteiger partial charge in [0.15, 0.2) is 0 Å². The summed E-state index contributed by atoms with van der Waals surface area (Å²) in [6.45, 7) is 3.73. The second-order valence-electron chi connectivity index (χ2n) is 8.88. The molecular weight excluding hydrogens is 479 g/mol. The lowest BCUT2D eigenvalue weighted by Crippen LogP contribution is -2.56. The minimum absolute atomic E-state index is 0.0671. The Morgan fingerprint density at radius 1 is 1.08 bits per heavy atom. The number of carbonyl (C=O) groups excluding carboxylic acids is 2. The van der Waals surface area contributed by atoms with E-state index in [1.807, 2.05) is 33.9 Å². The molecule has 0 aliphatic carbocycles. The van der Waals surface area contributed by atoms with Crippen LogP contribution in [0.3, 0.4) is 0 Å². The lowest BCUT2D eigenvalue weighted by molar-refractivity contribution is 0.0583. The van der Waals surface area contributed by atoms with Crippen LogP contribution >= 0.6 is 11.3 Å². The molecule has 7 nitrogen and oxygen atoms in total. The van der Waals surface area contributed by atoms with Crippen molar-refractivity contribution in [1.82, 2.24) is 14.4 Å². The molecule has 2 aromatic heterocycles. The molecule has 4 aromatic rings. The van der Waals surface area contributed by atoms with Gasteiger partial charge in [-0.15, -0.1) is 11.3 Å². The zero-order chi connectivity index (χ0) is 25.2. The highest BCUT2D eigenvalue weighted by Gasteiger charge is 2.32. The predicted molar refractivity (Wildman–Crippen MR) is 139 cm³/mol. The Bertz CT molecular complexity index is 1380. The lowest BCUT2D eigenvalue weighted by atomic mass is 10.1. The summed E-state index contributed by atoms with van der Waals surface area (Å²) in [5, 5.41) is 5.93. The molecule has 3 amide bonds. The van der Waals surface area contributed by atoms with E-state index in [1.54, 1.807) is 59.7 Å². The molecule has 0 bridgehead atoms. The number of aromatic nitrogens is 1. The third kappa shape index (κ3) is 4.79. The molecule has 1 fully saturated rings. The normalized spacial score (nSPS) is 15.8. The van der Waals surface area contributed by atoms with Gasteiger partial charge in [-0.3, -0.25) is 4.79 Å². The number of halogens is 1. The first kappa shape index (κ1) is 23.9. The van der Waals surface area contributed by atoms with E-state index in [0.717, 1.165) is 21.5 Å². The molecule has 1 aliphatic heterocycles. The van der Waals surface area contributed by atoms with Crippen LogP contribution in [0, 0.1) is 5.82 Å². The third-order valence-corrected chi connectivity index (χ3v) is 7.44. The number of methoxy groups -OCH3 is 1. The number of urea groups is 1. The Balaban J connectivity index is 1.29. The summed E-state index contributed by atoms with van der Waals surface area (Å²) in [7, 11) is 1.60. The maximum absolute atomic E-state index is 13.6. The van der Waals surface area contributed by atoms with Gasteiger partial charge in [-0.25, -0.2) is 9.18 Å². The van der Waals surface area contributed by atoms with Gasteiger partial charge in [0.25, 0.3) is 5.91 Å². The summed E-state index contributed by atoms with van der Waals surface area (Å²) in [6.07, 6.45) is 0. The van der Waals surface area contributed by atoms with Gasteiger partial charge < -0.3 is 24.4 Å². The van der Waals surface area contributed by atoms with Gasteiger partial charge in [0.2, 0.25) is 0 Å². The highest BCUT2D eigenvalue weighted by atomic mass is 32.1.